The van der Waals surface area contributed by atoms with E-state index in [0.29, 0.717) is 22.4 Å². The summed E-state index contributed by atoms with van der Waals surface area (Å²) in [4.78, 5) is 22.9. The Balaban J connectivity index is 2.68. The summed E-state index contributed by atoms with van der Waals surface area (Å²) in [5.41, 5.74) is 4.73. The maximum absolute atomic E-state index is 12.0. The number of benzene rings is 1. The minimum absolute atomic E-state index is 0.185. The van der Waals surface area contributed by atoms with Gasteiger partial charge in [-0.1, -0.05) is 29.8 Å². The van der Waals surface area contributed by atoms with Crippen molar-refractivity contribution in [2.75, 3.05) is 20.1 Å². The van der Waals surface area contributed by atoms with Crippen LogP contribution in [0.2, 0.25) is 0 Å². The Labute approximate surface area is 129 Å². The molecule has 1 aromatic carbocycles. The Morgan fingerprint density at radius 3 is 2.76 bits per heavy atom. The van der Waals surface area contributed by atoms with Crippen molar-refractivity contribution in [2.24, 2.45) is 0 Å². The first-order valence-corrected chi connectivity index (χ1v) is 7.04. The monoisotopic (exact) mass is 306 g/mol. The summed E-state index contributed by atoms with van der Waals surface area (Å²) in [6.07, 6.45) is 1.50. The number of rotatable bonds is 7. The summed E-state index contributed by atoms with van der Waals surface area (Å²) in [5, 5.41) is 6.15. The van der Waals surface area contributed by atoms with Crippen molar-refractivity contribution in [3.8, 4) is 0 Å². The summed E-state index contributed by atoms with van der Waals surface area (Å²) in [6.45, 7) is 2.97. The third-order valence-electron chi connectivity index (χ3n) is 2.84. The van der Waals surface area contributed by atoms with Gasteiger partial charge in [0, 0.05) is 11.1 Å². The molecule has 2 N–H and O–H groups in total. The maximum atomic E-state index is 12.0. The van der Waals surface area contributed by atoms with E-state index in [4.69, 9.17) is 11.6 Å². The molecule has 0 fully saturated rings. The predicted octanol–water partition coefficient (Wildman–Crippen LogP) is 2.51. The molecular formula is C16H19ClN2O2. The second-order valence-corrected chi connectivity index (χ2v) is 5.01. The first-order chi connectivity index (χ1) is 10.1. The molecule has 1 amide bonds. The molecule has 4 nitrogen and oxygen atoms in total. The average Bonchev–Trinajstić information content (AvgIpc) is 2.50. The highest BCUT2D eigenvalue weighted by atomic mass is 35.5. The molecule has 0 bridgehead atoms. The van der Waals surface area contributed by atoms with Crippen molar-refractivity contribution in [2.45, 2.75) is 13.3 Å². The molecule has 112 valence electrons. The van der Waals surface area contributed by atoms with Gasteiger partial charge in [-0.3, -0.25) is 9.59 Å². The van der Waals surface area contributed by atoms with E-state index >= 15 is 0 Å². The van der Waals surface area contributed by atoms with Crippen molar-refractivity contribution >= 4 is 23.8 Å². The lowest BCUT2D eigenvalue weighted by Crippen LogP contribution is -2.25. The van der Waals surface area contributed by atoms with Crippen LogP contribution in [0.3, 0.4) is 0 Å². The van der Waals surface area contributed by atoms with Crippen LogP contribution in [0.25, 0.3) is 0 Å². The molecule has 1 rings (SSSR count). The summed E-state index contributed by atoms with van der Waals surface area (Å²) < 4.78 is 0. The molecular weight excluding hydrogens is 288 g/mol. The Morgan fingerprint density at radius 2 is 2.10 bits per heavy atom. The van der Waals surface area contributed by atoms with Gasteiger partial charge >= 0.3 is 0 Å². The van der Waals surface area contributed by atoms with Crippen LogP contribution in [0.1, 0.15) is 34.1 Å². The first kappa shape index (κ1) is 17.2. The Bertz CT molecular complexity index is 575. The van der Waals surface area contributed by atoms with Gasteiger partial charge in [0.15, 0.2) is 6.29 Å². The number of hydrogen-bond acceptors (Lipinski definition) is 3. The third kappa shape index (κ3) is 5.96. The molecule has 0 aromatic heterocycles. The van der Waals surface area contributed by atoms with E-state index < -0.39 is 0 Å². The van der Waals surface area contributed by atoms with Crippen LogP contribution in [0, 0.1) is 0 Å². The zero-order valence-electron chi connectivity index (χ0n) is 12.2. The fourth-order valence-corrected chi connectivity index (χ4v) is 1.94. The molecule has 0 saturated heterocycles. The predicted molar refractivity (Wildman–Crippen MR) is 84.8 cm³/mol. The van der Waals surface area contributed by atoms with Crippen molar-refractivity contribution < 1.29 is 9.59 Å². The summed E-state index contributed by atoms with van der Waals surface area (Å²) in [5.74, 6) is -0.328. The van der Waals surface area contributed by atoms with E-state index in [0.717, 1.165) is 18.5 Å². The highest BCUT2D eigenvalue weighted by Gasteiger charge is 2.09. The van der Waals surface area contributed by atoms with Gasteiger partial charge in [-0.15, -0.1) is 5.73 Å². The van der Waals surface area contributed by atoms with E-state index in [-0.39, 0.29) is 12.5 Å². The standard InChI is InChI=1S/C16H19ClN2O2/c1-12(7-8-18-2)9-14(17)10-19-16(21)15-6-4-3-5-13(15)11-20/h3-6,11,18H,7-8,10H2,1-2H3,(H,19,21). The van der Waals surface area contributed by atoms with Crippen LogP contribution < -0.4 is 10.6 Å². The number of carbonyl (C=O) groups excluding carboxylic acids is 2. The van der Waals surface area contributed by atoms with Crippen LogP contribution in [-0.2, 0) is 0 Å². The molecule has 0 aliphatic carbocycles. The second kappa shape index (κ2) is 9.14. The van der Waals surface area contributed by atoms with Crippen LogP contribution in [0.15, 0.2) is 40.6 Å². The van der Waals surface area contributed by atoms with E-state index in [1.165, 1.54) is 0 Å². The van der Waals surface area contributed by atoms with Gasteiger partial charge in [0.1, 0.15) is 0 Å². The highest BCUT2D eigenvalue weighted by molar-refractivity contribution is 6.29. The van der Waals surface area contributed by atoms with Gasteiger partial charge in [-0.25, -0.2) is 0 Å². The van der Waals surface area contributed by atoms with Crippen molar-refractivity contribution in [1.29, 1.82) is 0 Å². The lowest BCUT2D eigenvalue weighted by Gasteiger charge is -2.05. The molecule has 5 heteroatoms. The topological polar surface area (TPSA) is 58.2 Å². The summed E-state index contributed by atoms with van der Waals surface area (Å²) >= 11 is 6.04. The number of halogens is 1. The van der Waals surface area contributed by atoms with Crippen LogP contribution >= 0.6 is 11.6 Å². The van der Waals surface area contributed by atoms with Crippen molar-refractivity contribution in [3.63, 3.8) is 0 Å². The highest BCUT2D eigenvalue weighted by Crippen LogP contribution is 2.07. The van der Waals surface area contributed by atoms with Gasteiger partial charge in [0.25, 0.3) is 5.91 Å². The number of aldehydes is 1. The lowest BCUT2D eigenvalue weighted by molar-refractivity contribution is 0.0952. The van der Waals surface area contributed by atoms with Crippen LogP contribution in [-0.4, -0.2) is 32.3 Å². The second-order valence-electron chi connectivity index (χ2n) is 4.55. The zero-order chi connectivity index (χ0) is 15.7. The van der Waals surface area contributed by atoms with E-state index in [1.54, 1.807) is 24.3 Å². The summed E-state index contributed by atoms with van der Waals surface area (Å²) in [7, 11) is 1.88. The third-order valence-corrected chi connectivity index (χ3v) is 3.06. The molecule has 0 heterocycles. The Kier molecular flexibility index (Phi) is 7.48. The smallest absolute Gasteiger partial charge is 0.252 e. The molecule has 0 aliphatic rings. The maximum Gasteiger partial charge on any atom is 0.252 e. The van der Waals surface area contributed by atoms with Gasteiger partial charge < -0.3 is 10.6 Å². The molecule has 0 atom stereocenters. The molecule has 0 aliphatic heterocycles. The molecule has 0 spiro atoms. The quantitative estimate of drug-likeness (QED) is 0.601. The fraction of sp³-hybridized carbons (Fsp3) is 0.312. The number of amides is 1. The van der Waals surface area contributed by atoms with E-state index in [1.807, 2.05) is 14.0 Å². The van der Waals surface area contributed by atoms with Crippen LogP contribution in [0.5, 0.6) is 0 Å². The molecule has 1 aromatic rings. The molecule has 0 unspecified atom stereocenters. The molecule has 0 saturated carbocycles. The Hall–Kier alpha value is -1.87. The van der Waals surface area contributed by atoms with Gasteiger partial charge in [0.05, 0.1) is 11.6 Å². The molecule has 0 radical (unpaired) electrons. The first-order valence-electron chi connectivity index (χ1n) is 6.66. The minimum atomic E-state index is -0.328. The largest absolute Gasteiger partial charge is 0.346 e. The normalized spacial score (nSPS) is 9.67. The van der Waals surface area contributed by atoms with E-state index in [2.05, 4.69) is 16.4 Å². The Morgan fingerprint density at radius 1 is 1.38 bits per heavy atom. The van der Waals surface area contributed by atoms with Crippen molar-refractivity contribution in [3.05, 3.63) is 51.7 Å². The van der Waals surface area contributed by atoms with Crippen LogP contribution in [0.4, 0.5) is 0 Å². The minimum Gasteiger partial charge on any atom is -0.346 e. The van der Waals surface area contributed by atoms with Crippen molar-refractivity contribution in [1.82, 2.24) is 10.6 Å². The SMILES string of the molecule is CNCCC(C)=C=C(Cl)CNC(=O)c1ccccc1C=O. The average molecular weight is 307 g/mol. The van der Waals surface area contributed by atoms with Gasteiger partial charge in [-0.05, 0) is 38.6 Å². The lowest BCUT2D eigenvalue weighted by atomic mass is 10.1. The number of hydrogen-bond donors (Lipinski definition) is 2. The molecule has 21 heavy (non-hydrogen) atoms. The zero-order valence-corrected chi connectivity index (χ0v) is 13.0. The van der Waals surface area contributed by atoms with E-state index in [9.17, 15) is 9.59 Å². The fourth-order valence-electron chi connectivity index (χ4n) is 1.71. The number of nitrogens with one attached hydrogen (secondary N) is 2. The summed E-state index contributed by atoms with van der Waals surface area (Å²) in [6, 6.07) is 6.62. The van der Waals surface area contributed by atoms with Gasteiger partial charge in [-0.2, -0.15) is 0 Å². The number of carbonyl (C=O) groups is 2. The van der Waals surface area contributed by atoms with Gasteiger partial charge in [0.2, 0.25) is 0 Å².